The summed E-state index contributed by atoms with van der Waals surface area (Å²) in [6.07, 6.45) is 3.51. The van der Waals surface area contributed by atoms with Gasteiger partial charge in [0.05, 0.1) is 12.3 Å². The number of nitrogens with one attached hydrogen (secondary N) is 1. The number of halogens is 1. The summed E-state index contributed by atoms with van der Waals surface area (Å²) in [7, 11) is 1.66. The third kappa shape index (κ3) is 4.36. The van der Waals surface area contributed by atoms with Crippen LogP contribution in [0, 0.1) is 12.7 Å². The Bertz CT molecular complexity index is 852. The first-order chi connectivity index (χ1) is 12.2. The maximum atomic E-state index is 13.1. The molecule has 1 N–H and O–H groups in total. The Morgan fingerprint density at radius 3 is 2.52 bits per heavy atom. The van der Waals surface area contributed by atoms with Crippen LogP contribution in [0.25, 0.3) is 22.4 Å². The molecule has 128 valence electrons. The average molecular weight is 338 g/mol. The predicted octanol–water partition coefficient (Wildman–Crippen LogP) is 3.71. The molecule has 0 radical (unpaired) electrons. The highest BCUT2D eigenvalue weighted by atomic mass is 19.1. The van der Waals surface area contributed by atoms with Crippen molar-refractivity contribution in [3.8, 4) is 22.4 Å². The van der Waals surface area contributed by atoms with Crippen LogP contribution >= 0.6 is 0 Å². The normalized spacial score (nSPS) is 10.7. The molecule has 3 aromatic rings. The predicted molar refractivity (Wildman–Crippen MR) is 95.8 cm³/mol. The molecule has 0 bridgehead atoms. The molecular weight excluding hydrogens is 319 g/mol. The lowest BCUT2D eigenvalue weighted by Crippen LogP contribution is -2.09. The topological polar surface area (TPSA) is 59.9 Å². The number of aromatic nitrogens is 3. The van der Waals surface area contributed by atoms with Crippen molar-refractivity contribution < 1.29 is 9.13 Å². The second-order valence-electron chi connectivity index (χ2n) is 5.57. The van der Waals surface area contributed by atoms with E-state index >= 15 is 0 Å². The van der Waals surface area contributed by atoms with Crippen LogP contribution in [0.1, 0.15) is 5.82 Å². The van der Waals surface area contributed by atoms with Gasteiger partial charge in [-0.1, -0.05) is 12.1 Å². The van der Waals surface area contributed by atoms with Crippen molar-refractivity contribution in [3.05, 3.63) is 60.4 Å². The molecule has 6 heteroatoms. The fourth-order valence-corrected chi connectivity index (χ4v) is 2.47. The van der Waals surface area contributed by atoms with Crippen LogP contribution in [0.3, 0.4) is 0 Å². The number of methoxy groups -OCH3 is 1. The van der Waals surface area contributed by atoms with Gasteiger partial charge in [-0.3, -0.25) is 4.98 Å². The quantitative estimate of drug-likeness (QED) is 0.694. The summed E-state index contributed by atoms with van der Waals surface area (Å²) in [5.41, 5.74) is 3.47. The molecule has 0 unspecified atom stereocenters. The molecule has 25 heavy (non-hydrogen) atoms. The van der Waals surface area contributed by atoms with Gasteiger partial charge >= 0.3 is 0 Å². The standard InChI is InChI=1S/C19H19FN4O/c1-13-23-18(10-19(24-13)22-7-8-25-2)16-9-15(11-21-12-16)14-3-5-17(20)6-4-14/h3-6,9-12H,7-8H2,1-2H3,(H,22,23,24). The maximum Gasteiger partial charge on any atom is 0.130 e. The molecule has 0 atom stereocenters. The van der Waals surface area contributed by atoms with Crippen LogP contribution < -0.4 is 5.32 Å². The van der Waals surface area contributed by atoms with E-state index in [9.17, 15) is 4.39 Å². The fraction of sp³-hybridized carbons (Fsp3) is 0.211. The first kappa shape index (κ1) is 17.0. The highest BCUT2D eigenvalue weighted by Crippen LogP contribution is 2.25. The van der Waals surface area contributed by atoms with E-state index in [-0.39, 0.29) is 5.82 Å². The lowest BCUT2D eigenvalue weighted by Gasteiger charge is -2.09. The first-order valence-electron chi connectivity index (χ1n) is 7.95. The number of rotatable bonds is 6. The van der Waals surface area contributed by atoms with Gasteiger partial charge in [0.15, 0.2) is 0 Å². The summed E-state index contributed by atoms with van der Waals surface area (Å²) in [5.74, 6) is 1.16. The molecule has 0 aliphatic rings. The van der Waals surface area contributed by atoms with Gasteiger partial charge in [0.2, 0.25) is 0 Å². The Morgan fingerprint density at radius 1 is 1.00 bits per heavy atom. The minimum absolute atomic E-state index is 0.258. The Labute approximate surface area is 145 Å². The summed E-state index contributed by atoms with van der Waals surface area (Å²) >= 11 is 0. The van der Waals surface area contributed by atoms with Crippen molar-refractivity contribution in [1.82, 2.24) is 15.0 Å². The van der Waals surface area contributed by atoms with Crippen molar-refractivity contribution >= 4 is 5.82 Å². The molecule has 0 amide bonds. The molecule has 2 heterocycles. The van der Waals surface area contributed by atoms with E-state index in [1.807, 2.05) is 19.1 Å². The lowest BCUT2D eigenvalue weighted by molar-refractivity contribution is 0.210. The second-order valence-corrected chi connectivity index (χ2v) is 5.57. The molecule has 5 nitrogen and oxygen atoms in total. The monoisotopic (exact) mass is 338 g/mol. The van der Waals surface area contributed by atoms with Crippen LogP contribution in [0.4, 0.5) is 10.2 Å². The number of hydrogen-bond donors (Lipinski definition) is 1. The summed E-state index contributed by atoms with van der Waals surface area (Å²) < 4.78 is 18.2. The molecular formula is C19H19FN4O. The first-order valence-corrected chi connectivity index (χ1v) is 7.95. The number of hydrogen-bond acceptors (Lipinski definition) is 5. The molecule has 0 saturated heterocycles. The Kier molecular flexibility index (Phi) is 5.30. The lowest BCUT2D eigenvalue weighted by atomic mass is 10.0. The van der Waals surface area contributed by atoms with Gasteiger partial charge in [0.25, 0.3) is 0 Å². The zero-order valence-electron chi connectivity index (χ0n) is 14.2. The zero-order valence-corrected chi connectivity index (χ0v) is 14.2. The van der Waals surface area contributed by atoms with E-state index in [1.165, 1.54) is 12.1 Å². The Morgan fingerprint density at radius 2 is 1.76 bits per heavy atom. The number of nitrogens with zero attached hydrogens (tertiary/aromatic N) is 3. The van der Waals surface area contributed by atoms with Crippen LogP contribution in [-0.2, 0) is 4.74 Å². The third-order valence-electron chi connectivity index (χ3n) is 3.66. The average Bonchev–Trinajstić information content (AvgIpc) is 2.62. The molecule has 2 aromatic heterocycles. The van der Waals surface area contributed by atoms with E-state index in [4.69, 9.17) is 4.74 Å². The summed E-state index contributed by atoms with van der Waals surface area (Å²) in [5, 5.41) is 3.21. The van der Waals surface area contributed by atoms with Crippen molar-refractivity contribution in [2.24, 2.45) is 0 Å². The Hall–Kier alpha value is -2.86. The van der Waals surface area contributed by atoms with Crippen LogP contribution in [0.5, 0.6) is 0 Å². The zero-order chi connectivity index (χ0) is 17.6. The van der Waals surface area contributed by atoms with Crippen molar-refractivity contribution in [1.29, 1.82) is 0 Å². The summed E-state index contributed by atoms with van der Waals surface area (Å²) in [6.45, 7) is 3.11. The van der Waals surface area contributed by atoms with Gasteiger partial charge in [-0.05, 0) is 30.7 Å². The minimum Gasteiger partial charge on any atom is -0.383 e. The largest absolute Gasteiger partial charge is 0.383 e. The molecule has 0 aliphatic carbocycles. The maximum absolute atomic E-state index is 13.1. The van der Waals surface area contributed by atoms with Crippen molar-refractivity contribution in [2.75, 3.05) is 25.6 Å². The molecule has 3 rings (SSSR count). The van der Waals surface area contributed by atoms with E-state index in [0.29, 0.717) is 19.0 Å². The van der Waals surface area contributed by atoms with Gasteiger partial charge in [0, 0.05) is 43.2 Å². The van der Waals surface area contributed by atoms with E-state index in [2.05, 4.69) is 20.3 Å². The smallest absolute Gasteiger partial charge is 0.130 e. The molecule has 0 aliphatic heterocycles. The number of pyridine rings is 1. The fourth-order valence-electron chi connectivity index (χ4n) is 2.47. The van der Waals surface area contributed by atoms with Crippen molar-refractivity contribution in [2.45, 2.75) is 6.92 Å². The number of benzene rings is 1. The van der Waals surface area contributed by atoms with Gasteiger partial charge < -0.3 is 10.1 Å². The number of aryl methyl sites for hydroxylation is 1. The molecule has 1 aromatic carbocycles. The summed E-state index contributed by atoms with van der Waals surface area (Å²) in [4.78, 5) is 13.2. The van der Waals surface area contributed by atoms with E-state index < -0.39 is 0 Å². The van der Waals surface area contributed by atoms with Crippen LogP contribution in [0.2, 0.25) is 0 Å². The van der Waals surface area contributed by atoms with E-state index in [1.54, 1.807) is 31.6 Å². The highest BCUT2D eigenvalue weighted by molar-refractivity contribution is 5.71. The molecule has 0 saturated carbocycles. The molecule has 0 fully saturated rings. The highest BCUT2D eigenvalue weighted by Gasteiger charge is 2.07. The van der Waals surface area contributed by atoms with Gasteiger partial charge in [-0.25, -0.2) is 14.4 Å². The van der Waals surface area contributed by atoms with Gasteiger partial charge in [-0.15, -0.1) is 0 Å². The SMILES string of the molecule is COCCNc1cc(-c2cncc(-c3ccc(F)cc3)c2)nc(C)n1. The Balaban J connectivity index is 1.91. The van der Waals surface area contributed by atoms with Gasteiger partial charge in [0.1, 0.15) is 17.5 Å². The van der Waals surface area contributed by atoms with Crippen LogP contribution in [0.15, 0.2) is 48.8 Å². The number of anilines is 1. The second kappa shape index (κ2) is 7.81. The minimum atomic E-state index is -0.258. The van der Waals surface area contributed by atoms with Gasteiger partial charge in [-0.2, -0.15) is 0 Å². The van der Waals surface area contributed by atoms with Crippen molar-refractivity contribution in [3.63, 3.8) is 0 Å². The van der Waals surface area contributed by atoms with E-state index in [0.717, 1.165) is 28.2 Å². The summed E-state index contributed by atoms with van der Waals surface area (Å²) in [6, 6.07) is 10.2. The number of ether oxygens (including phenoxy) is 1. The molecule has 0 spiro atoms. The van der Waals surface area contributed by atoms with Crippen LogP contribution in [-0.4, -0.2) is 35.2 Å². The third-order valence-corrected chi connectivity index (χ3v) is 3.66.